The Morgan fingerprint density at radius 3 is 1.89 bits per heavy atom. The molecule has 1 aliphatic rings. The number of hydrogen-bond donors (Lipinski definition) is 4. The van der Waals surface area contributed by atoms with Crippen LogP contribution in [0.25, 0.3) is 0 Å². The minimum absolute atomic E-state index is 0.0492. The van der Waals surface area contributed by atoms with Crippen molar-refractivity contribution >= 4 is 5.78 Å². The summed E-state index contributed by atoms with van der Waals surface area (Å²) in [5.74, 6) is -0.890. The van der Waals surface area contributed by atoms with Crippen LogP contribution < -0.4 is 0 Å². The first-order valence-corrected chi connectivity index (χ1v) is 12.1. The predicted octanol–water partition coefficient (Wildman–Crippen LogP) is 2.47. The Labute approximate surface area is 216 Å². The van der Waals surface area contributed by atoms with Gasteiger partial charge < -0.3 is 29.9 Å². The molecule has 37 heavy (non-hydrogen) atoms. The normalized spacial score (nSPS) is 29.5. The minimum atomic E-state index is -2.75. The third kappa shape index (κ3) is 4.78. The average Bonchev–Trinajstić information content (AvgIpc) is 2.93. The van der Waals surface area contributed by atoms with Gasteiger partial charge >= 0.3 is 0 Å². The van der Waals surface area contributed by atoms with Gasteiger partial charge in [-0.3, -0.25) is 4.79 Å². The van der Waals surface area contributed by atoms with Crippen molar-refractivity contribution in [1.82, 2.24) is 0 Å². The van der Waals surface area contributed by atoms with Gasteiger partial charge in [-0.1, -0.05) is 97.1 Å². The highest BCUT2D eigenvalue weighted by atomic mass is 16.7. The molecule has 1 fully saturated rings. The van der Waals surface area contributed by atoms with Gasteiger partial charge in [-0.25, -0.2) is 0 Å². The molecule has 4 N–H and O–H groups in total. The van der Waals surface area contributed by atoms with E-state index in [4.69, 9.17) is 9.47 Å². The Morgan fingerprint density at radius 1 is 0.865 bits per heavy atom. The molecule has 1 heterocycles. The lowest BCUT2D eigenvalue weighted by Crippen LogP contribution is -2.84. The molecule has 0 spiro atoms. The Kier molecular flexibility index (Phi) is 8.04. The van der Waals surface area contributed by atoms with Gasteiger partial charge in [0.25, 0.3) is 0 Å². The van der Waals surface area contributed by atoms with Crippen molar-refractivity contribution < 1.29 is 34.7 Å². The molecule has 194 valence electrons. The number of aliphatic hydroxyl groups is 4. The lowest BCUT2D eigenvalue weighted by atomic mass is 9.59. The van der Waals surface area contributed by atoms with Crippen LogP contribution in [-0.4, -0.2) is 68.6 Å². The van der Waals surface area contributed by atoms with Gasteiger partial charge in [0.05, 0.1) is 13.2 Å². The van der Waals surface area contributed by atoms with E-state index in [1.54, 1.807) is 72.8 Å². The monoisotopic (exact) mass is 504 g/mol. The molecule has 0 aliphatic carbocycles. The summed E-state index contributed by atoms with van der Waals surface area (Å²) in [5.41, 5.74) is -6.40. The predicted molar refractivity (Wildman–Crippen MR) is 138 cm³/mol. The highest BCUT2D eigenvalue weighted by molar-refractivity contribution is 6.04. The number of ketones is 1. The van der Waals surface area contributed by atoms with Gasteiger partial charge in [-0.05, 0) is 11.1 Å². The van der Waals surface area contributed by atoms with Crippen LogP contribution in [0.4, 0.5) is 0 Å². The summed E-state index contributed by atoms with van der Waals surface area (Å²) in [4.78, 5) is 14.0. The summed E-state index contributed by atoms with van der Waals surface area (Å²) < 4.78 is 11.7. The van der Waals surface area contributed by atoms with E-state index in [1.807, 2.05) is 6.07 Å². The molecule has 4 rings (SSSR count). The Morgan fingerprint density at radius 2 is 1.38 bits per heavy atom. The van der Waals surface area contributed by atoms with Crippen molar-refractivity contribution in [2.24, 2.45) is 0 Å². The highest BCUT2D eigenvalue weighted by Crippen LogP contribution is 2.49. The number of hydrogen-bond acceptors (Lipinski definition) is 7. The van der Waals surface area contributed by atoms with E-state index in [0.717, 1.165) is 0 Å². The van der Waals surface area contributed by atoms with Crippen LogP contribution in [0.3, 0.4) is 0 Å². The number of carbonyl (C=O) groups is 1. The molecule has 0 amide bonds. The molecule has 3 aromatic rings. The van der Waals surface area contributed by atoms with Crippen LogP contribution in [0.5, 0.6) is 0 Å². The molecule has 0 saturated carbocycles. The van der Waals surface area contributed by atoms with Gasteiger partial charge in [0.1, 0.15) is 11.7 Å². The molecule has 5 atom stereocenters. The molecule has 7 nitrogen and oxygen atoms in total. The van der Waals surface area contributed by atoms with Crippen molar-refractivity contribution in [3.8, 4) is 0 Å². The van der Waals surface area contributed by atoms with Crippen LogP contribution in [0, 0.1) is 0 Å². The van der Waals surface area contributed by atoms with E-state index in [9.17, 15) is 25.2 Å². The molecule has 0 radical (unpaired) electrons. The number of aliphatic hydroxyl groups excluding tert-OH is 1. The first kappa shape index (κ1) is 26.9. The van der Waals surface area contributed by atoms with E-state index < -0.39 is 41.6 Å². The maximum atomic E-state index is 14.0. The van der Waals surface area contributed by atoms with E-state index in [0.29, 0.717) is 11.1 Å². The number of ether oxygens (including phenoxy) is 2. The second-order valence-corrected chi connectivity index (χ2v) is 9.33. The molecule has 1 saturated heterocycles. The van der Waals surface area contributed by atoms with Crippen LogP contribution >= 0.6 is 0 Å². The van der Waals surface area contributed by atoms with Crippen LogP contribution in [0.1, 0.15) is 21.5 Å². The summed E-state index contributed by atoms with van der Waals surface area (Å²) in [6, 6.07) is 25.5. The quantitative estimate of drug-likeness (QED) is 0.248. The molecular formula is C30H32O7. The van der Waals surface area contributed by atoms with Gasteiger partial charge in [-0.15, -0.1) is 6.58 Å². The van der Waals surface area contributed by atoms with Crippen molar-refractivity contribution in [2.75, 3.05) is 13.2 Å². The maximum Gasteiger partial charge on any atom is 0.200 e. The van der Waals surface area contributed by atoms with Crippen LogP contribution in [0.15, 0.2) is 104 Å². The number of Topliss-reactive ketones (excluding diaryl/α,β-unsaturated/α-hetero) is 1. The van der Waals surface area contributed by atoms with Crippen molar-refractivity contribution in [2.45, 2.75) is 42.0 Å². The first-order chi connectivity index (χ1) is 17.8. The summed E-state index contributed by atoms with van der Waals surface area (Å²) >= 11 is 0. The summed E-state index contributed by atoms with van der Waals surface area (Å²) in [6.07, 6.45) is -2.23. The zero-order chi connectivity index (χ0) is 26.5. The van der Waals surface area contributed by atoms with E-state index in [2.05, 4.69) is 6.58 Å². The largest absolute Gasteiger partial charge is 0.394 e. The molecule has 7 heteroatoms. The van der Waals surface area contributed by atoms with E-state index in [1.165, 1.54) is 18.2 Å². The fraction of sp³-hybridized carbons (Fsp3) is 0.300. The van der Waals surface area contributed by atoms with Gasteiger partial charge in [0.2, 0.25) is 0 Å². The number of benzene rings is 3. The topological polar surface area (TPSA) is 116 Å². The summed E-state index contributed by atoms with van der Waals surface area (Å²) in [6.45, 7) is 2.77. The molecule has 0 unspecified atom stereocenters. The number of rotatable bonds is 10. The Balaban J connectivity index is 1.96. The molecule has 0 aromatic heterocycles. The van der Waals surface area contributed by atoms with E-state index in [-0.39, 0.29) is 25.0 Å². The minimum Gasteiger partial charge on any atom is -0.394 e. The van der Waals surface area contributed by atoms with Gasteiger partial charge in [0.15, 0.2) is 23.3 Å². The van der Waals surface area contributed by atoms with Crippen molar-refractivity contribution in [3.05, 3.63) is 120 Å². The third-order valence-corrected chi connectivity index (χ3v) is 7.02. The second-order valence-electron chi connectivity index (χ2n) is 9.33. The lowest BCUT2D eigenvalue weighted by Gasteiger charge is -2.60. The summed E-state index contributed by atoms with van der Waals surface area (Å²) in [7, 11) is 0. The fourth-order valence-electron chi connectivity index (χ4n) is 5.12. The molecule has 0 bridgehead atoms. The van der Waals surface area contributed by atoms with Gasteiger partial charge in [-0.2, -0.15) is 0 Å². The Hall–Kier alpha value is -3.17. The summed E-state index contributed by atoms with van der Waals surface area (Å²) in [5, 5.41) is 47.6. The van der Waals surface area contributed by atoms with Crippen molar-refractivity contribution in [1.29, 1.82) is 0 Å². The smallest absolute Gasteiger partial charge is 0.200 e. The molecular weight excluding hydrogens is 472 g/mol. The number of carbonyl (C=O) groups excluding carboxylic acids is 1. The third-order valence-electron chi connectivity index (χ3n) is 7.02. The van der Waals surface area contributed by atoms with Gasteiger partial charge in [0, 0.05) is 18.4 Å². The standard InChI is InChI=1S/C30H32O7/c1-2-18-36-27-28(33,19-22-12-6-3-7-13-22)29(34,20-23-14-8-4-9-15-23)30(35,25(21-31)37-27)26(32)24-16-10-5-11-17-24/h2-17,25,27,31,33-35H,1,18-21H2/t25-,27+,28+,29-,30+/m1/s1. The zero-order valence-corrected chi connectivity index (χ0v) is 20.4. The Bertz CT molecular complexity index is 1190. The van der Waals surface area contributed by atoms with Crippen LogP contribution in [-0.2, 0) is 22.3 Å². The first-order valence-electron chi connectivity index (χ1n) is 12.1. The molecule has 3 aromatic carbocycles. The highest BCUT2D eigenvalue weighted by Gasteiger charge is 2.74. The second kappa shape index (κ2) is 11.1. The maximum absolute atomic E-state index is 14.0. The molecule has 1 aliphatic heterocycles. The van der Waals surface area contributed by atoms with Crippen molar-refractivity contribution in [3.63, 3.8) is 0 Å². The van der Waals surface area contributed by atoms with E-state index >= 15 is 0 Å². The average molecular weight is 505 g/mol. The SMILES string of the molecule is C=CCO[C@H]1O[C@H](CO)[C@](O)(C(=O)c2ccccc2)[C@@](O)(Cc2ccccc2)[C@]1(O)Cc1ccccc1. The zero-order valence-electron chi connectivity index (χ0n) is 20.4. The van der Waals surface area contributed by atoms with Crippen LogP contribution in [0.2, 0.25) is 0 Å². The fourth-order valence-corrected chi connectivity index (χ4v) is 5.12. The lowest BCUT2D eigenvalue weighted by molar-refractivity contribution is -0.388.